The highest BCUT2D eigenvalue weighted by Gasteiger charge is 2.35. The first-order valence-corrected chi connectivity index (χ1v) is 4.27. The van der Waals surface area contributed by atoms with Crippen LogP contribution in [0.3, 0.4) is 0 Å². The molecular weight excluding hydrogens is 206 g/mol. The molecule has 0 unspecified atom stereocenters. The first kappa shape index (κ1) is 11.0. The SMILES string of the molecule is N[C@@](CO)(C(=O)O)c1cccc(Cl)c1. The van der Waals surface area contributed by atoms with Crippen molar-refractivity contribution in [3.8, 4) is 0 Å². The smallest absolute Gasteiger partial charge is 0.330 e. The Bertz CT molecular complexity index is 356. The Labute approximate surface area is 85.9 Å². The molecule has 0 aromatic heterocycles. The van der Waals surface area contributed by atoms with Crippen molar-refractivity contribution in [2.45, 2.75) is 5.54 Å². The highest BCUT2D eigenvalue weighted by atomic mass is 35.5. The molecule has 5 heteroatoms. The average Bonchev–Trinajstić information content (AvgIpc) is 2.16. The summed E-state index contributed by atoms with van der Waals surface area (Å²) in [5.74, 6) is -1.29. The monoisotopic (exact) mass is 215 g/mol. The summed E-state index contributed by atoms with van der Waals surface area (Å²) in [5, 5.41) is 18.2. The average molecular weight is 216 g/mol. The lowest BCUT2D eigenvalue weighted by atomic mass is 9.92. The molecule has 1 rings (SSSR count). The maximum absolute atomic E-state index is 10.8. The fourth-order valence-electron chi connectivity index (χ4n) is 1.05. The molecule has 4 nitrogen and oxygen atoms in total. The van der Waals surface area contributed by atoms with Gasteiger partial charge in [-0.3, -0.25) is 0 Å². The van der Waals surface area contributed by atoms with E-state index in [1.165, 1.54) is 12.1 Å². The number of benzene rings is 1. The number of aliphatic hydroxyl groups excluding tert-OH is 1. The number of hydrogen-bond acceptors (Lipinski definition) is 3. The Morgan fingerprint density at radius 1 is 1.57 bits per heavy atom. The fourth-order valence-corrected chi connectivity index (χ4v) is 1.24. The second-order valence-electron chi connectivity index (χ2n) is 2.94. The normalized spacial score (nSPS) is 14.8. The van der Waals surface area contributed by atoms with Gasteiger partial charge in [-0.05, 0) is 17.7 Å². The molecule has 0 aliphatic carbocycles. The van der Waals surface area contributed by atoms with Gasteiger partial charge in [0.15, 0.2) is 5.54 Å². The van der Waals surface area contributed by atoms with Gasteiger partial charge in [0.1, 0.15) is 0 Å². The largest absolute Gasteiger partial charge is 0.480 e. The standard InChI is InChI=1S/C9H10ClNO3/c10-7-3-1-2-6(4-7)9(11,5-12)8(13)14/h1-4,12H,5,11H2,(H,13,14)/t9-/m1/s1. The van der Waals surface area contributed by atoms with Crippen molar-refractivity contribution in [2.75, 3.05) is 6.61 Å². The zero-order valence-corrected chi connectivity index (χ0v) is 8.03. The molecule has 14 heavy (non-hydrogen) atoms. The second-order valence-corrected chi connectivity index (χ2v) is 3.38. The van der Waals surface area contributed by atoms with Gasteiger partial charge in [-0.25, -0.2) is 4.79 Å². The summed E-state index contributed by atoms with van der Waals surface area (Å²) in [5.41, 5.74) is 4.01. The number of carboxylic acids is 1. The van der Waals surface area contributed by atoms with E-state index >= 15 is 0 Å². The van der Waals surface area contributed by atoms with Gasteiger partial charge < -0.3 is 15.9 Å². The molecule has 1 aromatic carbocycles. The minimum atomic E-state index is -1.79. The van der Waals surface area contributed by atoms with Gasteiger partial charge in [-0.2, -0.15) is 0 Å². The van der Waals surface area contributed by atoms with E-state index in [0.717, 1.165) is 0 Å². The highest BCUT2D eigenvalue weighted by molar-refractivity contribution is 6.30. The molecule has 76 valence electrons. The number of carbonyl (C=O) groups is 1. The van der Waals surface area contributed by atoms with Gasteiger partial charge in [0.25, 0.3) is 0 Å². The van der Waals surface area contributed by atoms with Crippen molar-refractivity contribution < 1.29 is 15.0 Å². The minimum Gasteiger partial charge on any atom is -0.480 e. The molecule has 1 atom stereocenters. The third kappa shape index (κ3) is 1.87. The van der Waals surface area contributed by atoms with Crippen LogP contribution in [0.25, 0.3) is 0 Å². The Kier molecular flexibility index (Phi) is 3.10. The van der Waals surface area contributed by atoms with Crippen molar-refractivity contribution in [2.24, 2.45) is 5.73 Å². The van der Waals surface area contributed by atoms with Crippen LogP contribution in [0.15, 0.2) is 24.3 Å². The lowest BCUT2D eigenvalue weighted by molar-refractivity contribution is -0.145. The number of nitrogens with two attached hydrogens (primary N) is 1. The molecule has 0 bridgehead atoms. The van der Waals surface area contributed by atoms with E-state index in [1.54, 1.807) is 12.1 Å². The molecule has 0 saturated heterocycles. The van der Waals surface area contributed by atoms with Gasteiger partial charge in [-0.1, -0.05) is 23.7 Å². The quantitative estimate of drug-likeness (QED) is 0.689. The van der Waals surface area contributed by atoms with Crippen molar-refractivity contribution in [1.29, 1.82) is 0 Å². The summed E-state index contributed by atoms with van der Waals surface area (Å²) in [6.45, 7) is -0.678. The topological polar surface area (TPSA) is 83.5 Å². The van der Waals surface area contributed by atoms with Crippen LogP contribution in [0.4, 0.5) is 0 Å². The molecule has 0 amide bonds. The van der Waals surface area contributed by atoms with Gasteiger partial charge in [0.2, 0.25) is 0 Å². The number of halogens is 1. The predicted molar refractivity (Wildman–Crippen MR) is 52.0 cm³/mol. The number of rotatable bonds is 3. The van der Waals surface area contributed by atoms with E-state index in [-0.39, 0.29) is 5.56 Å². The minimum absolute atomic E-state index is 0.278. The summed E-state index contributed by atoms with van der Waals surface area (Å²) in [7, 11) is 0. The first-order valence-electron chi connectivity index (χ1n) is 3.90. The van der Waals surface area contributed by atoms with Crippen molar-refractivity contribution in [3.63, 3.8) is 0 Å². The number of carboxylic acid groups (broad SMARTS) is 1. The molecule has 0 heterocycles. The van der Waals surface area contributed by atoms with Gasteiger partial charge in [-0.15, -0.1) is 0 Å². The third-order valence-corrected chi connectivity index (χ3v) is 2.21. The molecule has 0 fully saturated rings. The van der Waals surface area contributed by atoms with E-state index in [0.29, 0.717) is 5.02 Å². The third-order valence-electron chi connectivity index (χ3n) is 1.97. The Balaban J connectivity index is 3.19. The van der Waals surface area contributed by atoms with E-state index in [2.05, 4.69) is 0 Å². The fraction of sp³-hybridized carbons (Fsp3) is 0.222. The lowest BCUT2D eigenvalue weighted by Crippen LogP contribution is -2.48. The van der Waals surface area contributed by atoms with Crippen LogP contribution in [0.5, 0.6) is 0 Å². The summed E-state index contributed by atoms with van der Waals surface area (Å²) in [6, 6.07) is 6.12. The zero-order chi connectivity index (χ0) is 10.8. The Hall–Kier alpha value is -1.10. The molecular formula is C9H10ClNO3. The maximum Gasteiger partial charge on any atom is 0.330 e. The van der Waals surface area contributed by atoms with Gasteiger partial charge in [0, 0.05) is 5.02 Å². The van der Waals surface area contributed by atoms with Crippen molar-refractivity contribution >= 4 is 17.6 Å². The summed E-state index contributed by atoms with van der Waals surface area (Å²) in [4.78, 5) is 10.8. The van der Waals surface area contributed by atoms with Crippen LogP contribution >= 0.6 is 11.6 Å². The van der Waals surface area contributed by atoms with Gasteiger partial charge >= 0.3 is 5.97 Å². The highest BCUT2D eigenvalue weighted by Crippen LogP contribution is 2.21. The Morgan fingerprint density at radius 2 is 2.21 bits per heavy atom. The summed E-state index contributed by atoms with van der Waals surface area (Å²) in [6.07, 6.45) is 0. The predicted octanol–water partition coefficient (Wildman–Crippen LogP) is 0.571. The molecule has 0 spiro atoms. The van der Waals surface area contributed by atoms with Crippen molar-refractivity contribution in [3.05, 3.63) is 34.9 Å². The van der Waals surface area contributed by atoms with Crippen LogP contribution < -0.4 is 5.73 Å². The van der Waals surface area contributed by atoms with Gasteiger partial charge in [0.05, 0.1) is 6.61 Å². The number of aliphatic hydroxyl groups is 1. The van der Waals surface area contributed by atoms with E-state index < -0.39 is 18.1 Å². The second kappa shape index (κ2) is 3.96. The van der Waals surface area contributed by atoms with E-state index in [1.807, 2.05) is 0 Å². The van der Waals surface area contributed by atoms with Crippen molar-refractivity contribution in [1.82, 2.24) is 0 Å². The number of aliphatic carboxylic acids is 1. The first-order chi connectivity index (χ1) is 6.50. The molecule has 1 aromatic rings. The summed E-state index contributed by atoms with van der Waals surface area (Å²) >= 11 is 5.68. The lowest BCUT2D eigenvalue weighted by Gasteiger charge is -2.22. The van der Waals surface area contributed by atoms with Crippen LogP contribution in [-0.4, -0.2) is 22.8 Å². The molecule has 4 N–H and O–H groups in total. The van der Waals surface area contributed by atoms with Crippen LogP contribution in [-0.2, 0) is 10.3 Å². The van der Waals surface area contributed by atoms with Crippen LogP contribution in [0.2, 0.25) is 5.02 Å². The maximum atomic E-state index is 10.8. The van der Waals surface area contributed by atoms with E-state index in [4.69, 9.17) is 27.5 Å². The number of hydrogen-bond donors (Lipinski definition) is 3. The zero-order valence-electron chi connectivity index (χ0n) is 7.27. The molecule has 0 aliphatic heterocycles. The molecule has 0 radical (unpaired) electrons. The molecule has 0 saturated carbocycles. The van der Waals surface area contributed by atoms with Crippen LogP contribution in [0.1, 0.15) is 5.56 Å². The summed E-state index contributed by atoms with van der Waals surface area (Å²) < 4.78 is 0. The van der Waals surface area contributed by atoms with Crippen LogP contribution in [0, 0.1) is 0 Å². The molecule has 0 aliphatic rings. The Morgan fingerprint density at radius 3 is 2.64 bits per heavy atom. The van der Waals surface area contributed by atoms with E-state index in [9.17, 15) is 4.79 Å².